The number of aromatic nitrogens is 1. The summed E-state index contributed by atoms with van der Waals surface area (Å²) in [5, 5.41) is 8.01. The maximum Gasteiger partial charge on any atom is 0.291 e. The van der Waals surface area contributed by atoms with Gasteiger partial charge in [-0.05, 0) is 61.0 Å². The van der Waals surface area contributed by atoms with Crippen LogP contribution in [0.25, 0.3) is 22.2 Å². The Balaban J connectivity index is 1.12. The van der Waals surface area contributed by atoms with E-state index in [9.17, 15) is 14.4 Å². The Morgan fingerprint density at radius 2 is 1.63 bits per heavy atom. The van der Waals surface area contributed by atoms with Crippen molar-refractivity contribution >= 4 is 45.5 Å². The fourth-order valence-electron chi connectivity index (χ4n) is 5.42. The van der Waals surface area contributed by atoms with Crippen molar-refractivity contribution in [3.05, 3.63) is 135 Å². The van der Waals surface area contributed by atoms with Crippen LogP contribution >= 0.6 is 11.3 Å². The molecule has 2 N–H and O–H groups in total. The summed E-state index contributed by atoms with van der Waals surface area (Å²) in [6.45, 7) is 1.65. The molecule has 0 saturated heterocycles. The predicted octanol–water partition coefficient (Wildman–Crippen LogP) is 7.11. The number of likely N-dealkylation sites (N-methyl/N-ethyl adjacent to an activating group) is 1. The van der Waals surface area contributed by atoms with Gasteiger partial charge in [0, 0.05) is 41.9 Å². The van der Waals surface area contributed by atoms with E-state index in [0.29, 0.717) is 22.6 Å². The standard InChI is InChI=1S/C38H34N4O6S/c1-42(21-25-7-6-8-26(17-25)31-22-49-23-39-31)16-15-24-11-13-27(14-12-24)40-37(44)29-18-34(46-2)35(47-3)19-30(29)41-38(45)36-20-32(43)28-9-4-5-10-33(28)48-36/h4-14,17-20,22-23H,15-16,21H2,1-3H3,(H,40,44)(H,41,45). The highest BCUT2D eigenvalue weighted by Crippen LogP contribution is 2.34. The number of carbonyl (C=O) groups is 2. The quantitative estimate of drug-likeness (QED) is 0.141. The van der Waals surface area contributed by atoms with Crippen LogP contribution in [0.2, 0.25) is 0 Å². The highest BCUT2D eigenvalue weighted by molar-refractivity contribution is 7.07. The predicted molar refractivity (Wildman–Crippen MR) is 192 cm³/mol. The van der Waals surface area contributed by atoms with Crippen LogP contribution in [0.5, 0.6) is 11.5 Å². The van der Waals surface area contributed by atoms with Crippen molar-refractivity contribution in [3.63, 3.8) is 0 Å². The second-order valence-electron chi connectivity index (χ2n) is 11.4. The average molecular weight is 675 g/mol. The van der Waals surface area contributed by atoms with Gasteiger partial charge in [-0.15, -0.1) is 11.3 Å². The van der Waals surface area contributed by atoms with Crippen LogP contribution in [0.3, 0.4) is 0 Å². The highest BCUT2D eigenvalue weighted by atomic mass is 32.1. The molecule has 2 heterocycles. The minimum atomic E-state index is -0.703. The molecule has 0 aliphatic rings. The van der Waals surface area contributed by atoms with Crippen molar-refractivity contribution in [2.75, 3.05) is 38.4 Å². The molecule has 49 heavy (non-hydrogen) atoms. The number of carbonyl (C=O) groups excluding carboxylic acids is 2. The second-order valence-corrected chi connectivity index (χ2v) is 12.1. The zero-order valence-electron chi connectivity index (χ0n) is 27.2. The Labute approximate surface area is 286 Å². The molecule has 0 aliphatic carbocycles. The SMILES string of the molecule is COc1cc(NC(=O)c2cc(=O)c3ccccc3o2)c(C(=O)Nc2ccc(CCN(C)Cc3cccc(-c4cscn4)c3)cc2)cc1OC. The molecule has 2 amide bonds. The Kier molecular flexibility index (Phi) is 10.1. The van der Waals surface area contributed by atoms with Crippen molar-refractivity contribution in [1.82, 2.24) is 9.88 Å². The smallest absolute Gasteiger partial charge is 0.291 e. The number of nitrogens with one attached hydrogen (secondary N) is 2. The van der Waals surface area contributed by atoms with Gasteiger partial charge in [0.25, 0.3) is 11.8 Å². The van der Waals surface area contributed by atoms with E-state index < -0.39 is 11.8 Å². The molecule has 0 bridgehead atoms. The normalized spacial score (nSPS) is 11.0. The van der Waals surface area contributed by atoms with E-state index in [0.717, 1.165) is 42.4 Å². The molecule has 0 radical (unpaired) electrons. The molecule has 11 heteroatoms. The van der Waals surface area contributed by atoms with Gasteiger partial charge in [-0.2, -0.15) is 0 Å². The van der Waals surface area contributed by atoms with Crippen molar-refractivity contribution in [1.29, 1.82) is 0 Å². The largest absolute Gasteiger partial charge is 0.493 e. The van der Waals surface area contributed by atoms with Gasteiger partial charge in [-0.25, -0.2) is 4.98 Å². The van der Waals surface area contributed by atoms with Crippen molar-refractivity contribution in [2.24, 2.45) is 0 Å². The third kappa shape index (κ3) is 7.86. The van der Waals surface area contributed by atoms with E-state index in [4.69, 9.17) is 13.9 Å². The number of rotatable bonds is 12. The topological polar surface area (TPSA) is 123 Å². The summed E-state index contributed by atoms with van der Waals surface area (Å²) >= 11 is 1.59. The number of nitrogens with zero attached hydrogens (tertiary/aromatic N) is 2. The zero-order valence-corrected chi connectivity index (χ0v) is 28.0. The number of ether oxygens (including phenoxy) is 2. The lowest BCUT2D eigenvalue weighted by Crippen LogP contribution is -2.21. The van der Waals surface area contributed by atoms with Gasteiger partial charge in [0.15, 0.2) is 22.7 Å². The molecular formula is C38H34N4O6S. The van der Waals surface area contributed by atoms with Gasteiger partial charge in [0.2, 0.25) is 0 Å². The first kappa shape index (κ1) is 33.1. The second kappa shape index (κ2) is 15.0. The van der Waals surface area contributed by atoms with Crippen LogP contribution < -0.4 is 25.5 Å². The van der Waals surface area contributed by atoms with Crippen molar-refractivity contribution in [2.45, 2.75) is 13.0 Å². The number of amides is 2. The third-order valence-electron chi connectivity index (χ3n) is 7.98. The maximum absolute atomic E-state index is 13.6. The van der Waals surface area contributed by atoms with Gasteiger partial charge >= 0.3 is 0 Å². The first-order chi connectivity index (χ1) is 23.8. The molecule has 0 saturated carbocycles. The summed E-state index contributed by atoms with van der Waals surface area (Å²) in [5.41, 5.74) is 7.06. The van der Waals surface area contributed by atoms with Crippen molar-refractivity contribution < 1.29 is 23.5 Å². The molecule has 6 rings (SSSR count). The first-order valence-electron chi connectivity index (χ1n) is 15.5. The van der Waals surface area contributed by atoms with Crippen LogP contribution in [0.15, 0.2) is 111 Å². The first-order valence-corrected chi connectivity index (χ1v) is 16.4. The molecule has 248 valence electrons. The van der Waals surface area contributed by atoms with E-state index in [1.807, 2.05) is 29.8 Å². The summed E-state index contributed by atoms with van der Waals surface area (Å²) in [6, 6.07) is 26.8. The summed E-state index contributed by atoms with van der Waals surface area (Å²) in [5.74, 6) is -0.780. The number of para-hydroxylation sites is 1. The van der Waals surface area contributed by atoms with Crippen LogP contribution in [-0.4, -0.2) is 49.5 Å². The van der Waals surface area contributed by atoms with E-state index >= 15 is 0 Å². The molecule has 2 aromatic heterocycles. The number of fused-ring (bicyclic) bond motifs is 1. The summed E-state index contributed by atoms with van der Waals surface area (Å²) in [6.07, 6.45) is 0.827. The minimum Gasteiger partial charge on any atom is -0.493 e. The van der Waals surface area contributed by atoms with Crippen LogP contribution in [-0.2, 0) is 13.0 Å². The van der Waals surface area contributed by atoms with Gasteiger partial charge in [0.05, 0.1) is 42.1 Å². The average Bonchev–Trinajstić information content (AvgIpc) is 3.67. The fraction of sp³-hybridized carbons (Fsp3) is 0.158. The number of thiazole rings is 1. The lowest BCUT2D eigenvalue weighted by atomic mass is 10.1. The van der Waals surface area contributed by atoms with Gasteiger partial charge in [-0.3, -0.25) is 14.4 Å². The molecule has 6 aromatic rings. The molecule has 0 unspecified atom stereocenters. The van der Waals surface area contributed by atoms with E-state index in [-0.39, 0.29) is 28.0 Å². The lowest BCUT2D eigenvalue weighted by Gasteiger charge is -2.17. The number of hydrogen-bond acceptors (Lipinski definition) is 9. The summed E-state index contributed by atoms with van der Waals surface area (Å²) in [4.78, 5) is 46.1. The highest BCUT2D eigenvalue weighted by Gasteiger charge is 2.21. The number of hydrogen-bond donors (Lipinski definition) is 2. The molecule has 10 nitrogen and oxygen atoms in total. The van der Waals surface area contributed by atoms with Crippen LogP contribution in [0.4, 0.5) is 11.4 Å². The fourth-order valence-corrected chi connectivity index (χ4v) is 5.98. The van der Waals surface area contributed by atoms with Gasteiger partial charge in [-0.1, -0.05) is 42.5 Å². The molecule has 0 atom stereocenters. The summed E-state index contributed by atoms with van der Waals surface area (Å²) < 4.78 is 16.5. The summed E-state index contributed by atoms with van der Waals surface area (Å²) in [7, 11) is 5.00. The number of methoxy groups -OCH3 is 2. The zero-order chi connectivity index (χ0) is 34.3. The Hall–Kier alpha value is -5.78. The van der Waals surface area contributed by atoms with E-state index in [1.54, 1.807) is 35.6 Å². The monoisotopic (exact) mass is 674 g/mol. The molecule has 4 aromatic carbocycles. The lowest BCUT2D eigenvalue weighted by molar-refractivity contribution is 0.0997. The van der Waals surface area contributed by atoms with E-state index in [1.165, 1.54) is 31.9 Å². The third-order valence-corrected chi connectivity index (χ3v) is 8.56. The molecule has 0 fully saturated rings. The van der Waals surface area contributed by atoms with Crippen molar-refractivity contribution in [3.8, 4) is 22.8 Å². The Morgan fingerprint density at radius 1 is 0.857 bits per heavy atom. The number of anilines is 2. The molecule has 0 spiro atoms. The van der Waals surface area contributed by atoms with E-state index in [2.05, 4.69) is 57.2 Å². The molecular weight excluding hydrogens is 641 g/mol. The Bertz CT molecular complexity index is 2160. The molecule has 0 aliphatic heterocycles. The van der Waals surface area contributed by atoms with Gasteiger partial charge < -0.3 is 29.4 Å². The minimum absolute atomic E-state index is 0.124. The van der Waals surface area contributed by atoms with Crippen LogP contribution in [0, 0.1) is 0 Å². The van der Waals surface area contributed by atoms with Gasteiger partial charge in [0.1, 0.15) is 5.58 Å². The van der Waals surface area contributed by atoms with Crippen LogP contribution in [0.1, 0.15) is 32.0 Å². The Morgan fingerprint density at radius 3 is 2.39 bits per heavy atom. The maximum atomic E-state index is 13.6. The number of benzene rings is 4.